The molecule has 1 atom stereocenters. The van der Waals surface area contributed by atoms with Gasteiger partial charge in [-0.25, -0.2) is 4.98 Å². The minimum Gasteiger partial charge on any atom is -0.497 e. The van der Waals surface area contributed by atoms with Crippen molar-refractivity contribution in [3.8, 4) is 34.5 Å². The predicted molar refractivity (Wildman–Crippen MR) is 121 cm³/mol. The second-order valence-corrected chi connectivity index (χ2v) is 8.05. The Balaban J connectivity index is 1.43. The van der Waals surface area contributed by atoms with Gasteiger partial charge in [-0.15, -0.1) is 5.10 Å². The lowest BCUT2D eigenvalue weighted by Crippen LogP contribution is -2.25. The van der Waals surface area contributed by atoms with Gasteiger partial charge in [0.1, 0.15) is 11.6 Å². The normalized spacial score (nSPS) is 16.2. The maximum Gasteiger partial charge on any atom is 0.272 e. The standard InChI is InChI=1S/C24H20N6O4/c1-13-22-17(14-6-7-19-20(9-14)34-12-33-19)10-21(31)27-23(22)30(29-13)24-26-18(11-25-28-24)15-4-3-5-16(8-15)32-2/h3-9,11,17H,10,12H2,1-2H3,(H,27,31)/t17-/m0/s1. The number of ether oxygens (including phenoxy) is 3. The Morgan fingerprint density at radius 1 is 1.15 bits per heavy atom. The van der Waals surface area contributed by atoms with Crippen LogP contribution in [0.3, 0.4) is 0 Å². The van der Waals surface area contributed by atoms with Gasteiger partial charge in [-0.1, -0.05) is 18.2 Å². The first-order valence-electron chi connectivity index (χ1n) is 10.7. The van der Waals surface area contributed by atoms with Gasteiger partial charge in [0.2, 0.25) is 12.7 Å². The van der Waals surface area contributed by atoms with Crippen molar-refractivity contribution >= 4 is 11.7 Å². The molecule has 6 rings (SSSR count). The highest BCUT2D eigenvalue weighted by molar-refractivity contribution is 5.95. The van der Waals surface area contributed by atoms with Crippen LogP contribution in [0.15, 0.2) is 48.7 Å². The number of nitrogens with zero attached hydrogens (tertiary/aromatic N) is 5. The number of hydrogen-bond acceptors (Lipinski definition) is 8. The van der Waals surface area contributed by atoms with Crippen molar-refractivity contribution in [2.75, 3.05) is 19.2 Å². The smallest absolute Gasteiger partial charge is 0.272 e. The number of carbonyl (C=O) groups is 1. The molecule has 0 bridgehead atoms. The first-order valence-corrected chi connectivity index (χ1v) is 10.7. The molecular formula is C24H20N6O4. The van der Waals surface area contributed by atoms with Crippen LogP contribution in [-0.4, -0.2) is 44.8 Å². The van der Waals surface area contributed by atoms with Gasteiger partial charge in [-0.3, -0.25) is 4.79 Å². The first-order chi connectivity index (χ1) is 16.6. The highest BCUT2D eigenvalue weighted by atomic mass is 16.7. The Morgan fingerprint density at radius 3 is 2.91 bits per heavy atom. The van der Waals surface area contributed by atoms with Gasteiger partial charge >= 0.3 is 0 Å². The highest BCUT2D eigenvalue weighted by Crippen LogP contribution is 2.43. The molecule has 4 heterocycles. The maximum atomic E-state index is 12.7. The van der Waals surface area contributed by atoms with Crippen molar-refractivity contribution in [3.05, 3.63) is 65.5 Å². The average molecular weight is 456 g/mol. The fourth-order valence-corrected chi connectivity index (χ4v) is 4.41. The molecule has 170 valence electrons. The number of methoxy groups -OCH3 is 1. The monoisotopic (exact) mass is 456 g/mol. The zero-order valence-corrected chi connectivity index (χ0v) is 18.5. The van der Waals surface area contributed by atoms with Crippen LogP contribution in [0.25, 0.3) is 17.2 Å². The summed E-state index contributed by atoms with van der Waals surface area (Å²) < 4.78 is 17.8. The van der Waals surface area contributed by atoms with Crippen LogP contribution in [-0.2, 0) is 4.79 Å². The molecule has 2 aromatic carbocycles. The van der Waals surface area contributed by atoms with Crippen LogP contribution >= 0.6 is 0 Å². The highest BCUT2D eigenvalue weighted by Gasteiger charge is 2.34. The number of benzene rings is 2. The quantitative estimate of drug-likeness (QED) is 0.498. The first kappa shape index (κ1) is 20.2. The van der Waals surface area contributed by atoms with Crippen LogP contribution in [0.5, 0.6) is 17.2 Å². The number of amides is 1. The summed E-state index contributed by atoms with van der Waals surface area (Å²) in [5.41, 5.74) is 4.07. The van der Waals surface area contributed by atoms with E-state index in [0.717, 1.165) is 22.4 Å². The second kappa shape index (κ2) is 7.84. The molecule has 0 aliphatic carbocycles. The Labute approximate surface area is 194 Å². The van der Waals surface area contributed by atoms with E-state index in [9.17, 15) is 4.79 Å². The molecule has 10 nitrogen and oxygen atoms in total. The van der Waals surface area contributed by atoms with E-state index < -0.39 is 0 Å². The minimum atomic E-state index is -0.193. The fraction of sp³-hybridized carbons (Fsp3) is 0.208. The van der Waals surface area contributed by atoms with Gasteiger partial charge in [0.05, 0.1) is 24.7 Å². The molecule has 0 unspecified atom stereocenters. The van der Waals surface area contributed by atoms with E-state index in [1.165, 1.54) is 0 Å². The summed E-state index contributed by atoms with van der Waals surface area (Å²) >= 11 is 0. The lowest BCUT2D eigenvalue weighted by atomic mass is 9.85. The van der Waals surface area contributed by atoms with E-state index in [1.807, 2.05) is 49.4 Å². The third kappa shape index (κ3) is 3.31. The third-order valence-corrected chi connectivity index (χ3v) is 6.00. The summed E-state index contributed by atoms with van der Waals surface area (Å²) in [4.78, 5) is 17.4. The largest absolute Gasteiger partial charge is 0.497 e. The predicted octanol–water partition coefficient (Wildman–Crippen LogP) is 3.24. The molecule has 1 N–H and O–H groups in total. The lowest BCUT2D eigenvalue weighted by molar-refractivity contribution is -0.116. The van der Waals surface area contributed by atoms with E-state index in [-0.39, 0.29) is 24.6 Å². The van der Waals surface area contributed by atoms with Gasteiger partial charge < -0.3 is 19.5 Å². The topological polar surface area (TPSA) is 113 Å². The van der Waals surface area contributed by atoms with Gasteiger partial charge in [0.25, 0.3) is 5.95 Å². The van der Waals surface area contributed by atoms with Gasteiger partial charge in [-0.05, 0) is 36.8 Å². The van der Waals surface area contributed by atoms with E-state index in [2.05, 4.69) is 25.6 Å². The summed E-state index contributed by atoms with van der Waals surface area (Å²) in [6.45, 7) is 2.10. The molecule has 2 aliphatic rings. The van der Waals surface area contributed by atoms with Gasteiger partial charge in [-0.2, -0.15) is 14.9 Å². The molecule has 34 heavy (non-hydrogen) atoms. The van der Waals surface area contributed by atoms with E-state index in [4.69, 9.17) is 14.2 Å². The Hall–Kier alpha value is -4.47. The molecule has 2 aromatic heterocycles. The van der Waals surface area contributed by atoms with Crippen molar-refractivity contribution in [1.29, 1.82) is 0 Å². The Bertz CT molecular complexity index is 1430. The van der Waals surface area contributed by atoms with E-state index in [1.54, 1.807) is 18.0 Å². The molecule has 1 amide bonds. The number of carbonyl (C=O) groups excluding carboxylic acids is 1. The number of fused-ring (bicyclic) bond motifs is 2. The molecule has 4 aromatic rings. The van der Waals surface area contributed by atoms with Gasteiger partial charge in [0, 0.05) is 23.5 Å². The van der Waals surface area contributed by atoms with Crippen molar-refractivity contribution in [1.82, 2.24) is 25.0 Å². The van der Waals surface area contributed by atoms with Crippen LogP contribution in [0.2, 0.25) is 0 Å². The Morgan fingerprint density at radius 2 is 2.03 bits per heavy atom. The molecule has 2 aliphatic heterocycles. The fourth-order valence-electron chi connectivity index (χ4n) is 4.41. The summed E-state index contributed by atoms with van der Waals surface area (Å²) in [6.07, 6.45) is 1.87. The number of aryl methyl sites for hydroxylation is 1. The number of rotatable bonds is 4. The average Bonchev–Trinajstić information content (AvgIpc) is 3.47. The van der Waals surface area contributed by atoms with Crippen LogP contribution in [0, 0.1) is 6.92 Å². The van der Waals surface area contributed by atoms with Gasteiger partial charge in [0.15, 0.2) is 11.5 Å². The molecular weight excluding hydrogens is 436 g/mol. The van der Waals surface area contributed by atoms with Crippen molar-refractivity contribution in [3.63, 3.8) is 0 Å². The van der Waals surface area contributed by atoms with Crippen molar-refractivity contribution in [2.45, 2.75) is 19.3 Å². The second-order valence-electron chi connectivity index (χ2n) is 8.05. The number of anilines is 1. The number of nitrogens with one attached hydrogen (secondary N) is 1. The number of hydrogen-bond donors (Lipinski definition) is 1. The minimum absolute atomic E-state index is 0.117. The third-order valence-electron chi connectivity index (χ3n) is 6.00. The van der Waals surface area contributed by atoms with Crippen molar-refractivity contribution in [2.24, 2.45) is 0 Å². The summed E-state index contributed by atoms with van der Waals surface area (Å²) in [5, 5.41) is 15.9. The molecule has 0 radical (unpaired) electrons. The summed E-state index contributed by atoms with van der Waals surface area (Å²) in [5.74, 6) is 2.58. The summed E-state index contributed by atoms with van der Waals surface area (Å²) in [7, 11) is 1.61. The molecule has 0 fully saturated rings. The van der Waals surface area contributed by atoms with Crippen LogP contribution in [0.4, 0.5) is 5.82 Å². The molecule has 0 saturated carbocycles. The molecule has 0 saturated heterocycles. The Kier molecular flexibility index (Phi) is 4.65. The lowest BCUT2D eigenvalue weighted by Gasteiger charge is -2.24. The van der Waals surface area contributed by atoms with E-state index >= 15 is 0 Å². The SMILES string of the molecule is COc1cccc(-c2cnnc(-n3nc(C)c4c3NC(=O)C[C@H]4c3ccc4c(c3)OCO4)n2)c1. The van der Waals surface area contributed by atoms with Crippen LogP contribution < -0.4 is 19.5 Å². The number of aromatic nitrogens is 5. The zero-order valence-electron chi connectivity index (χ0n) is 18.5. The van der Waals surface area contributed by atoms with E-state index in [0.29, 0.717) is 35.2 Å². The molecule has 0 spiro atoms. The molecule has 10 heteroatoms. The van der Waals surface area contributed by atoms with Crippen LogP contribution in [0.1, 0.15) is 29.2 Å². The zero-order chi connectivity index (χ0) is 23.2. The van der Waals surface area contributed by atoms with Crippen molar-refractivity contribution < 1.29 is 19.0 Å². The maximum absolute atomic E-state index is 12.7. The summed E-state index contributed by atoms with van der Waals surface area (Å²) in [6, 6.07) is 13.3.